The summed E-state index contributed by atoms with van der Waals surface area (Å²) in [5.74, 6) is 0.246. The number of aryl methyl sites for hydroxylation is 1. The van der Waals surface area contributed by atoms with Gasteiger partial charge in [-0.05, 0) is 97.4 Å². The van der Waals surface area contributed by atoms with Crippen molar-refractivity contribution >= 4 is 111 Å². The largest absolute Gasteiger partial charge is 3.00 e. The molecule has 6 aromatic carbocycles. The summed E-state index contributed by atoms with van der Waals surface area (Å²) in [6, 6.07) is 66.9. The number of hydrogen-bond donors (Lipinski definition) is 0. The molecule has 0 saturated carbocycles. The second-order valence-electron chi connectivity index (χ2n) is 19.5. The molecule has 7 aromatic heterocycles. The van der Waals surface area contributed by atoms with E-state index < -0.39 is 0 Å². The molecule has 0 spiro atoms. The molecule has 4 aliphatic rings. The molecule has 80 heavy (non-hydrogen) atoms. The van der Waals surface area contributed by atoms with Crippen LogP contribution in [0, 0.1) is 37.6 Å². The van der Waals surface area contributed by atoms with Gasteiger partial charge in [-0.1, -0.05) is 94.8 Å². The van der Waals surface area contributed by atoms with Gasteiger partial charge in [0.15, 0.2) is 5.71 Å². The minimum Gasteiger partial charge on any atom is -0.504 e. The zero-order valence-electron chi connectivity index (χ0n) is 43.9. The number of aromatic nitrogens is 7. The number of pyridine rings is 4. The Balaban J connectivity index is 0.000000107. The predicted molar refractivity (Wildman–Crippen MR) is 315 cm³/mol. The maximum Gasteiger partial charge on any atom is 3.00 e. The molecule has 0 fully saturated rings. The third-order valence-corrected chi connectivity index (χ3v) is 15.1. The first kappa shape index (κ1) is 52.0. The third-order valence-electron chi connectivity index (χ3n) is 15.1. The number of nitrogens with zero attached hydrogens (tertiary/aromatic N) is 12. The number of hydrogen-bond acceptors (Lipinski definition) is 8. The number of allylic oxidation sites excluding steroid dienone is 4. The minimum absolute atomic E-state index is 0. The molecule has 0 amide bonds. The quantitative estimate of drug-likeness (QED) is 0.0962. The second-order valence-corrected chi connectivity index (χ2v) is 19.5. The number of benzene rings is 6. The summed E-state index contributed by atoms with van der Waals surface area (Å²) < 4.78 is 8.44. The summed E-state index contributed by atoms with van der Waals surface area (Å²) in [6.07, 6.45) is 15.7. The van der Waals surface area contributed by atoms with Crippen molar-refractivity contribution in [2.75, 3.05) is 40.7 Å². The van der Waals surface area contributed by atoms with Crippen molar-refractivity contribution in [1.29, 1.82) is 0 Å². The van der Waals surface area contributed by atoms with Gasteiger partial charge in [0.2, 0.25) is 5.69 Å². The van der Waals surface area contributed by atoms with E-state index >= 15 is 0 Å². The molecule has 10 heterocycles. The third kappa shape index (κ3) is 8.63. The zero-order valence-corrected chi connectivity index (χ0v) is 48.7. The molecule has 14 heteroatoms. The van der Waals surface area contributed by atoms with E-state index in [-0.39, 0.29) is 46.1 Å². The maximum absolute atomic E-state index is 4.58. The Labute approximate surface area is 490 Å². The molecule has 1 unspecified atom stereocenters. The van der Waals surface area contributed by atoms with Crippen LogP contribution in [0.1, 0.15) is 11.6 Å². The smallest absolute Gasteiger partial charge is 0.504 e. The van der Waals surface area contributed by atoms with E-state index in [1.54, 1.807) is 12.4 Å². The van der Waals surface area contributed by atoms with Crippen LogP contribution in [-0.4, -0.2) is 65.2 Å². The molecule has 13 aromatic rings. The van der Waals surface area contributed by atoms with Crippen molar-refractivity contribution in [2.24, 2.45) is 7.05 Å². The summed E-state index contributed by atoms with van der Waals surface area (Å²) in [7, 11) is 8.35. The maximum atomic E-state index is 4.58. The molecule has 12 nitrogen and oxygen atoms in total. The van der Waals surface area contributed by atoms with E-state index in [1.807, 2.05) is 70.0 Å². The first-order chi connectivity index (χ1) is 38.4. The van der Waals surface area contributed by atoms with Crippen LogP contribution >= 0.6 is 0 Å². The summed E-state index contributed by atoms with van der Waals surface area (Å²) >= 11 is 0. The minimum atomic E-state index is 0. The molecule has 1 atom stereocenters. The Hall–Kier alpha value is -8.77. The van der Waals surface area contributed by atoms with E-state index in [2.05, 4.69) is 248 Å². The summed E-state index contributed by atoms with van der Waals surface area (Å²) in [4.78, 5) is 17.7. The molecular weight excluding hydrogens is 1350 g/mol. The van der Waals surface area contributed by atoms with Gasteiger partial charge in [-0.2, -0.15) is 88.8 Å². The molecule has 1 aliphatic carbocycles. The number of fused-ring (bicyclic) bond motifs is 19. The van der Waals surface area contributed by atoms with Crippen LogP contribution in [0.2, 0.25) is 0 Å². The van der Waals surface area contributed by atoms with Crippen molar-refractivity contribution in [1.82, 2.24) is 33.8 Å². The van der Waals surface area contributed by atoms with Crippen molar-refractivity contribution < 1.29 is 44.8 Å². The Morgan fingerprint density at radius 1 is 0.500 bits per heavy atom. The van der Waals surface area contributed by atoms with Crippen molar-refractivity contribution in [2.45, 2.75) is 5.92 Å². The topological polar surface area (TPSA) is 81.3 Å². The Bertz CT molecular complexity index is 4470. The first-order valence-electron chi connectivity index (χ1n) is 25.8. The Morgan fingerprint density at radius 2 is 1.04 bits per heavy atom. The fourth-order valence-electron chi connectivity index (χ4n) is 11.5. The van der Waals surface area contributed by atoms with Gasteiger partial charge in [0, 0.05) is 64.6 Å². The zero-order chi connectivity index (χ0) is 52.4. The second kappa shape index (κ2) is 21.5. The van der Waals surface area contributed by atoms with E-state index in [0.29, 0.717) is 0 Å². The van der Waals surface area contributed by atoms with Crippen LogP contribution in [0.3, 0.4) is 0 Å². The molecule has 0 bridgehead atoms. The van der Waals surface area contributed by atoms with E-state index in [0.717, 1.165) is 55.1 Å². The van der Waals surface area contributed by atoms with Gasteiger partial charge in [0.1, 0.15) is 18.7 Å². The average molecular weight is 1390 g/mol. The van der Waals surface area contributed by atoms with Crippen molar-refractivity contribution in [3.8, 4) is 0 Å². The molecular formula is C66H49Ir2N12+. The summed E-state index contributed by atoms with van der Waals surface area (Å²) in [6.45, 7) is 4.16. The van der Waals surface area contributed by atoms with E-state index in [4.69, 9.17) is 0 Å². The van der Waals surface area contributed by atoms with Crippen molar-refractivity contribution in [3.05, 3.63) is 250 Å². The van der Waals surface area contributed by atoms with E-state index in [1.165, 1.54) is 61.6 Å². The summed E-state index contributed by atoms with van der Waals surface area (Å²) in [5, 5.41) is 15.0. The fraction of sp³-hybridized carbons (Fsp3) is 0.0758. The van der Waals surface area contributed by atoms with Gasteiger partial charge in [0.25, 0.3) is 0 Å². The predicted octanol–water partition coefficient (Wildman–Crippen LogP) is 13.5. The molecule has 390 valence electrons. The van der Waals surface area contributed by atoms with Crippen molar-refractivity contribution in [3.63, 3.8) is 0 Å². The molecule has 17 rings (SSSR count). The van der Waals surface area contributed by atoms with Crippen LogP contribution < -0.4 is 19.6 Å². The van der Waals surface area contributed by atoms with Crippen LogP contribution in [0.25, 0.3) is 65.5 Å². The van der Waals surface area contributed by atoms with Gasteiger partial charge >= 0.3 is 40.2 Å². The standard InChI is InChI=1S/C21H13N4.C17H12N4.2C14H12N2.2Ir/c1-24-17-7-3-2-5-13(17)15-11-16-14-6-4-9-22-21(14)18-8-10-23-25(18)20(16)12-19(15)24;1-20-13-7-3-2-5-11(13)17-16(20)12-6-4-9-18-15(12)14-8-10-19-21(14)17;2*1-15-11-16(12-7-3-2-4-8-12)14-10-6-5-9-13(14)15;;/h2-7,9-12H,1H3;2-7,9-11H,1H3;2*2-7,9-11H,1H3;;/q-1;;2*-2;2*+3. The van der Waals surface area contributed by atoms with Gasteiger partial charge in [0.05, 0.1) is 11.0 Å². The van der Waals surface area contributed by atoms with Gasteiger partial charge in [-0.15, -0.1) is 11.4 Å². The molecule has 0 radical (unpaired) electrons. The van der Waals surface area contributed by atoms with Gasteiger partial charge < -0.3 is 34.1 Å². The molecule has 0 N–H and O–H groups in total. The SMILES string of the molecule is CN1[CH-]N(c2[c-]cccc2)c2ccccc21.CN1[CH-]N(c2[c-]cccc2)c2ccccc21.C[N+]1=C2C=CC=CC2c2c1c1cccnc1c1[c-]cnn21.Cn1c2ccccc2c2cc3c4cccnc4c4[c-]cnn4c3cc21.[Ir+3].[Ir+3]. The molecule has 3 aliphatic heterocycles. The number of para-hydroxylation sites is 7. The monoisotopic (exact) mass is 1400 g/mol. The van der Waals surface area contributed by atoms with Crippen LogP contribution in [0.15, 0.2) is 207 Å². The fourth-order valence-corrected chi connectivity index (χ4v) is 11.5. The van der Waals surface area contributed by atoms with Gasteiger partial charge in [-0.25, -0.2) is 12.1 Å². The van der Waals surface area contributed by atoms with Crippen LogP contribution in [0.5, 0.6) is 0 Å². The van der Waals surface area contributed by atoms with E-state index in [9.17, 15) is 0 Å². The van der Waals surface area contributed by atoms with Crippen LogP contribution in [0.4, 0.5) is 39.8 Å². The average Bonchev–Trinajstić information content (AvgIpc) is 4.56. The van der Waals surface area contributed by atoms with Crippen LogP contribution in [-0.2, 0) is 47.3 Å². The normalized spacial score (nSPS) is 14.6. The number of anilines is 6. The Kier molecular flexibility index (Phi) is 13.9. The first-order valence-corrected chi connectivity index (χ1v) is 25.8. The number of rotatable bonds is 2. The summed E-state index contributed by atoms with van der Waals surface area (Å²) in [5.41, 5.74) is 17.9. The molecule has 0 saturated heterocycles. The Morgan fingerprint density at radius 3 is 1.68 bits per heavy atom. The van der Waals surface area contributed by atoms with Gasteiger partial charge in [-0.3, -0.25) is 9.03 Å².